The van der Waals surface area contributed by atoms with Crippen molar-refractivity contribution in [3.8, 4) is 5.69 Å². The molecule has 21 heavy (non-hydrogen) atoms. The van der Waals surface area contributed by atoms with Gasteiger partial charge in [-0.05, 0) is 36.8 Å². The molecule has 0 radical (unpaired) electrons. The van der Waals surface area contributed by atoms with E-state index < -0.39 is 0 Å². The number of rotatable bonds is 4. The van der Waals surface area contributed by atoms with Crippen LogP contribution < -0.4 is 5.32 Å². The van der Waals surface area contributed by atoms with Crippen LogP contribution in [0.3, 0.4) is 0 Å². The van der Waals surface area contributed by atoms with Crippen molar-refractivity contribution in [2.45, 2.75) is 38.3 Å². The zero-order valence-electron chi connectivity index (χ0n) is 11.9. The van der Waals surface area contributed by atoms with Crippen LogP contribution in [0.1, 0.15) is 31.4 Å². The van der Waals surface area contributed by atoms with Gasteiger partial charge in [-0.3, -0.25) is 0 Å². The van der Waals surface area contributed by atoms with Crippen molar-refractivity contribution in [2.75, 3.05) is 0 Å². The van der Waals surface area contributed by atoms with Crippen molar-refractivity contribution in [1.82, 2.24) is 20.3 Å². The van der Waals surface area contributed by atoms with Gasteiger partial charge in [0.25, 0.3) is 0 Å². The average Bonchev–Trinajstić information content (AvgIpc) is 3.16. The van der Waals surface area contributed by atoms with E-state index >= 15 is 0 Å². The summed E-state index contributed by atoms with van der Waals surface area (Å²) in [5.74, 6) is 1.56. The minimum absolute atomic E-state index is 0.282. The summed E-state index contributed by atoms with van der Waals surface area (Å²) in [6, 6.07) is 7.24. The van der Waals surface area contributed by atoms with Crippen LogP contribution >= 0.6 is 0 Å². The van der Waals surface area contributed by atoms with Gasteiger partial charge in [0.15, 0.2) is 0 Å². The minimum Gasteiger partial charge on any atom is -0.308 e. The standard InChI is InChI=1S/C16H19FN4/c17-14-5-1-2-7-16(14)21-10-12(19-20-21)9-18-15-6-3-4-11-8-13(11)15/h1-2,5,7,10-11,13,15,18H,3-4,6,8-9H2. The van der Waals surface area contributed by atoms with E-state index in [9.17, 15) is 4.39 Å². The predicted octanol–water partition coefficient (Wildman–Crippen LogP) is 2.68. The van der Waals surface area contributed by atoms with Crippen molar-refractivity contribution in [3.05, 3.63) is 42.0 Å². The fourth-order valence-corrected chi connectivity index (χ4v) is 3.53. The average molecular weight is 286 g/mol. The van der Waals surface area contributed by atoms with E-state index in [0.717, 1.165) is 17.5 Å². The summed E-state index contributed by atoms with van der Waals surface area (Å²) < 4.78 is 15.2. The first-order valence-corrected chi connectivity index (χ1v) is 7.71. The van der Waals surface area contributed by atoms with Gasteiger partial charge in [-0.15, -0.1) is 5.10 Å². The number of benzene rings is 1. The smallest absolute Gasteiger partial charge is 0.148 e. The number of nitrogens with one attached hydrogen (secondary N) is 1. The van der Waals surface area contributed by atoms with E-state index in [2.05, 4.69) is 15.6 Å². The minimum atomic E-state index is -0.282. The van der Waals surface area contributed by atoms with Crippen LogP contribution in [0, 0.1) is 17.7 Å². The normalized spacial score (nSPS) is 27.4. The van der Waals surface area contributed by atoms with Crippen molar-refractivity contribution in [2.24, 2.45) is 11.8 Å². The molecule has 2 fully saturated rings. The first-order valence-electron chi connectivity index (χ1n) is 7.71. The summed E-state index contributed by atoms with van der Waals surface area (Å²) in [6.45, 7) is 0.711. The summed E-state index contributed by atoms with van der Waals surface area (Å²) in [5.41, 5.74) is 1.30. The van der Waals surface area contributed by atoms with Crippen molar-refractivity contribution in [3.63, 3.8) is 0 Å². The van der Waals surface area contributed by atoms with Gasteiger partial charge < -0.3 is 5.32 Å². The van der Waals surface area contributed by atoms with E-state index in [1.165, 1.54) is 36.4 Å². The molecule has 1 heterocycles. The third-order valence-corrected chi connectivity index (χ3v) is 4.77. The van der Waals surface area contributed by atoms with Crippen LogP contribution in [0.25, 0.3) is 5.69 Å². The number of halogens is 1. The fraction of sp³-hybridized carbons (Fsp3) is 0.500. The summed E-state index contributed by atoms with van der Waals surface area (Å²) in [6.07, 6.45) is 7.20. The summed E-state index contributed by atoms with van der Waals surface area (Å²) >= 11 is 0. The molecule has 1 aromatic carbocycles. The van der Waals surface area contributed by atoms with Gasteiger partial charge in [0.05, 0.1) is 11.9 Å². The molecule has 5 heteroatoms. The molecule has 2 aliphatic carbocycles. The lowest BCUT2D eigenvalue weighted by Crippen LogP contribution is -2.33. The SMILES string of the molecule is Fc1ccccc1-n1cc(CNC2CCCC3CC32)nn1. The fourth-order valence-electron chi connectivity index (χ4n) is 3.53. The lowest BCUT2D eigenvalue weighted by molar-refractivity contribution is 0.351. The first-order chi connectivity index (χ1) is 10.3. The van der Waals surface area contributed by atoms with Crippen LogP contribution in [0.5, 0.6) is 0 Å². The molecule has 4 nitrogen and oxygen atoms in total. The number of fused-ring (bicyclic) bond motifs is 1. The van der Waals surface area contributed by atoms with Crippen LogP contribution in [0.2, 0.25) is 0 Å². The number of nitrogens with zero attached hydrogens (tertiary/aromatic N) is 3. The molecule has 2 aromatic rings. The molecule has 3 unspecified atom stereocenters. The third-order valence-electron chi connectivity index (χ3n) is 4.77. The Morgan fingerprint density at radius 2 is 2.19 bits per heavy atom. The largest absolute Gasteiger partial charge is 0.308 e. The second kappa shape index (κ2) is 5.22. The molecule has 0 bridgehead atoms. The Morgan fingerprint density at radius 1 is 1.29 bits per heavy atom. The molecule has 0 amide bonds. The second-order valence-corrected chi connectivity index (χ2v) is 6.18. The van der Waals surface area contributed by atoms with Gasteiger partial charge >= 0.3 is 0 Å². The lowest BCUT2D eigenvalue weighted by atomic mass is 9.95. The van der Waals surface area contributed by atoms with E-state index in [1.807, 2.05) is 0 Å². The summed E-state index contributed by atoms with van der Waals surface area (Å²) in [5, 5.41) is 11.8. The Bertz CT molecular complexity index is 639. The Morgan fingerprint density at radius 3 is 3.10 bits per heavy atom. The van der Waals surface area contributed by atoms with Gasteiger partial charge in [-0.25, -0.2) is 9.07 Å². The maximum Gasteiger partial charge on any atom is 0.148 e. The molecule has 1 N–H and O–H groups in total. The Balaban J connectivity index is 1.42. The van der Waals surface area contributed by atoms with Gasteiger partial charge in [0, 0.05) is 12.6 Å². The van der Waals surface area contributed by atoms with Crippen molar-refractivity contribution < 1.29 is 4.39 Å². The molecule has 2 aliphatic rings. The van der Waals surface area contributed by atoms with E-state index in [1.54, 1.807) is 24.4 Å². The zero-order valence-corrected chi connectivity index (χ0v) is 11.9. The molecule has 0 spiro atoms. The quantitative estimate of drug-likeness (QED) is 0.939. The molecule has 0 aliphatic heterocycles. The molecular formula is C16H19FN4. The van der Waals surface area contributed by atoms with Crippen LogP contribution in [-0.2, 0) is 6.54 Å². The zero-order chi connectivity index (χ0) is 14.2. The number of hydrogen-bond donors (Lipinski definition) is 1. The first kappa shape index (κ1) is 13.0. The number of hydrogen-bond acceptors (Lipinski definition) is 3. The molecule has 3 atom stereocenters. The van der Waals surface area contributed by atoms with Crippen LogP contribution in [0.4, 0.5) is 4.39 Å². The maximum atomic E-state index is 13.7. The Kier molecular flexibility index (Phi) is 3.22. The van der Waals surface area contributed by atoms with E-state index in [0.29, 0.717) is 18.3 Å². The molecule has 4 rings (SSSR count). The summed E-state index contributed by atoms with van der Waals surface area (Å²) in [4.78, 5) is 0. The highest BCUT2D eigenvalue weighted by Gasteiger charge is 2.44. The van der Waals surface area contributed by atoms with Gasteiger partial charge in [-0.1, -0.05) is 30.2 Å². The lowest BCUT2D eigenvalue weighted by Gasteiger charge is -2.22. The van der Waals surface area contributed by atoms with Crippen LogP contribution in [0.15, 0.2) is 30.5 Å². The maximum absolute atomic E-state index is 13.7. The molecule has 1 aromatic heterocycles. The molecule has 0 saturated heterocycles. The number of para-hydroxylation sites is 1. The van der Waals surface area contributed by atoms with Gasteiger partial charge in [-0.2, -0.15) is 0 Å². The van der Waals surface area contributed by atoms with Crippen molar-refractivity contribution >= 4 is 0 Å². The molecular weight excluding hydrogens is 267 g/mol. The van der Waals surface area contributed by atoms with Crippen molar-refractivity contribution in [1.29, 1.82) is 0 Å². The van der Waals surface area contributed by atoms with E-state index in [-0.39, 0.29) is 5.82 Å². The summed E-state index contributed by atoms with van der Waals surface area (Å²) in [7, 11) is 0. The Labute approximate surface area is 123 Å². The van der Waals surface area contributed by atoms with E-state index in [4.69, 9.17) is 0 Å². The third kappa shape index (κ3) is 2.58. The van der Waals surface area contributed by atoms with Crippen LogP contribution in [-0.4, -0.2) is 21.0 Å². The highest BCUT2D eigenvalue weighted by atomic mass is 19.1. The topological polar surface area (TPSA) is 42.7 Å². The van der Waals surface area contributed by atoms with Gasteiger partial charge in [0.2, 0.25) is 0 Å². The predicted molar refractivity (Wildman–Crippen MR) is 77.4 cm³/mol. The highest BCUT2D eigenvalue weighted by Crippen LogP contribution is 2.49. The monoisotopic (exact) mass is 286 g/mol. The Hall–Kier alpha value is -1.75. The van der Waals surface area contributed by atoms with Gasteiger partial charge in [0.1, 0.15) is 11.5 Å². The number of aromatic nitrogens is 3. The highest BCUT2D eigenvalue weighted by molar-refractivity contribution is 5.32. The molecule has 2 saturated carbocycles. The molecule has 110 valence electrons. The second-order valence-electron chi connectivity index (χ2n) is 6.18.